The van der Waals surface area contributed by atoms with Crippen LogP contribution in [0.15, 0.2) is 16.8 Å². The molecule has 0 N–H and O–H groups in total. The lowest BCUT2D eigenvalue weighted by molar-refractivity contribution is -0.414. The molecule has 0 saturated heterocycles. The van der Waals surface area contributed by atoms with Crippen LogP contribution in [0.25, 0.3) is 0 Å². The van der Waals surface area contributed by atoms with E-state index in [1.807, 2.05) is 0 Å². The Labute approximate surface area is 62.6 Å². The van der Waals surface area contributed by atoms with Crippen LogP contribution in [-0.2, 0) is 4.79 Å². The lowest BCUT2D eigenvalue weighted by Gasteiger charge is -1.91. The zero-order valence-corrected chi connectivity index (χ0v) is 5.90. The molecule has 1 rings (SSSR count). The van der Waals surface area contributed by atoms with Gasteiger partial charge >= 0.3 is 0 Å². The van der Waals surface area contributed by atoms with Gasteiger partial charge in [0.15, 0.2) is 11.5 Å². The normalized spacial score (nSPS) is 15.7. The van der Waals surface area contributed by atoms with Crippen LogP contribution in [0.5, 0.6) is 0 Å². The van der Waals surface area contributed by atoms with Crippen LogP contribution in [0.3, 0.4) is 0 Å². The molecule has 5 heteroatoms. The maximum atomic E-state index is 10.7. The molecule has 5 nitrogen and oxygen atoms in total. The lowest BCUT2D eigenvalue weighted by Crippen LogP contribution is -2.16. The van der Waals surface area contributed by atoms with Crippen molar-refractivity contribution in [1.29, 1.82) is 0 Å². The van der Waals surface area contributed by atoms with E-state index in [1.54, 1.807) is 0 Å². The van der Waals surface area contributed by atoms with Crippen molar-refractivity contribution in [3.8, 4) is 0 Å². The number of aliphatic imine (C=N–C) groups is 1. The number of ketones is 1. The molecule has 1 aliphatic rings. The highest BCUT2D eigenvalue weighted by atomic mass is 16.6. The first-order chi connectivity index (χ1) is 5.13. The number of nitrogens with zero attached hydrogens (tertiary/aromatic N) is 2. The highest BCUT2D eigenvalue weighted by Crippen LogP contribution is 2.07. The summed E-state index contributed by atoms with van der Waals surface area (Å²) in [4.78, 5) is 24.0. The van der Waals surface area contributed by atoms with Crippen LogP contribution in [0, 0.1) is 10.1 Å². The summed E-state index contributed by atoms with van der Waals surface area (Å²) < 4.78 is 0. The Morgan fingerprint density at radius 1 is 1.82 bits per heavy atom. The van der Waals surface area contributed by atoms with Crippen molar-refractivity contribution in [2.45, 2.75) is 6.92 Å². The van der Waals surface area contributed by atoms with Gasteiger partial charge in [-0.1, -0.05) is 0 Å². The Kier molecular flexibility index (Phi) is 1.80. The van der Waals surface area contributed by atoms with Crippen molar-refractivity contribution in [2.75, 3.05) is 6.54 Å². The van der Waals surface area contributed by atoms with E-state index in [9.17, 15) is 14.9 Å². The molecule has 1 heterocycles. The Morgan fingerprint density at radius 2 is 2.45 bits per heavy atom. The first-order valence-corrected chi connectivity index (χ1v) is 3.03. The summed E-state index contributed by atoms with van der Waals surface area (Å²) in [5, 5.41) is 10.2. The van der Waals surface area contributed by atoms with E-state index >= 15 is 0 Å². The Bertz CT molecular complexity index is 250. The number of hydrogen-bond donors (Lipinski definition) is 0. The summed E-state index contributed by atoms with van der Waals surface area (Å²) in [6.45, 7) is 1.51. The molecule has 0 aromatic rings. The summed E-state index contributed by atoms with van der Waals surface area (Å²) in [7, 11) is 0. The summed E-state index contributed by atoms with van der Waals surface area (Å²) in [5.74, 6) is -0.356. The molecule has 1 aliphatic heterocycles. The lowest BCUT2D eigenvalue weighted by atomic mass is 10.2. The van der Waals surface area contributed by atoms with Crippen LogP contribution < -0.4 is 0 Å². The standard InChI is InChI=1S/C6H6N2O3/c1-4(9)6-5(8(10)11)2-3-7-6/h2H,3H2,1H3. The molecular weight excluding hydrogens is 148 g/mol. The van der Waals surface area contributed by atoms with Gasteiger partial charge in [-0.15, -0.1) is 0 Å². The number of allylic oxidation sites excluding steroid dienone is 1. The minimum absolute atomic E-state index is 0.0185. The molecule has 0 aliphatic carbocycles. The van der Waals surface area contributed by atoms with E-state index in [1.165, 1.54) is 13.0 Å². The highest BCUT2D eigenvalue weighted by Gasteiger charge is 2.25. The van der Waals surface area contributed by atoms with Gasteiger partial charge in [-0.2, -0.15) is 0 Å². The molecule has 0 unspecified atom stereocenters. The van der Waals surface area contributed by atoms with Gasteiger partial charge in [-0.25, -0.2) is 0 Å². The van der Waals surface area contributed by atoms with Crippen LogP contribution >= 0.6 is 0 Å². The summed E-state index contributed by atoms with van der Waals surface area (Å²) in [6.07, 6.45) is 1.33. The van der Waals surface area contributed by atoms with E-state index < -0.39 is 4.92 Å². The van der Waals surface area contributed by atoms with Gasteiger partial charge in [0, 0.05) is 13.0 Å². The second-order valence-electron chi connectivity index (χ2n) is 2.09. The first kappa shape index (κ1) is 7.59. The van der Waals surface area contributed by atoms with Crippen LogP contribution in [0.4, 0.5) is 0 Å². The molecule has 0 bridgehead atoms. The third kappa shape index (κ3) is 1.31. The van der Waals surface area contributed by atoms with Gasteiger partial charge in [0.2, 0.25) is 0 Å². The third-order valence-corrected chi connectivity index (χ3v) is 1.31. The molecule has 0 radical (unpaired) electrons. The fourth-order valence-corrected chi connectivity index (χ4v) is 0.854. The Morgan fingerprint density at radius 3 is 2.82 bits per heavy atom. The smallest absolute Gasteiger partial charge is 0.293 e. The summed E-state index contributed by atoms with van der Waals surface area (Å²) in [5.41, 5.74) is -0.187. The molecular formula is C6H6N2O3. The summed E-state index contributed by atoms with van der Waals surface area (Å²) in [6, 6.07) is 0. The second kappa shape index (κ2) is 2.61. The number of rotatable bonds is 2. The zero-order chi connectivity index (χ0) is 8.43. The number of hydrogen-bond acceptors (Lipinski definition) is 4. The maximum absolute atomic E-state index is 10.7. The Balaban J connectivity index is 2.93. The number of Topliss-reactive ketones (excluding diaryl/α,β-unsaturated/α-hetero) is 1. The highest BCUT2D eigenvalue weighted by molar-refractivity contribution is 6.45. The number of carbonyl (C=O) groups excluding carboxylic acids is 1. The van der Waals surface area contributed by atoms with E-state index in [4.69, 9.17) is 0 Å². The van der Waals surface area contributed by atoms with E-state index in [-0.39, 0.29) is 23.7 Å². The Hall–Kier alpha value is -1.52. The van der Waals surface area contributed by atoms with Gasteiger partial charge in [-0.3, -0.25) is 19.9 Å². The fourth-order valence-electron chi connectivity index (χ4n) is 0.854. The van der Waals surface area contributed by atoms with Crippen LogP contribution in [-0.4, -0.2) is 23.0 Å². The average molecular weight is 154 g/mol. The quantitative estimate of drug-likeness (QED) is 0.421. The van der Waals surface area contributed by atoms with Gasteiger partial charge < -0.3 is 0 Å². The van der Waals surface area contributed by atoms with Crippen molar-refractivity contribution >= 4 is 11.5 Å². The van der Waals surface area contributed by atoms with Crippen molar-refractivity contribution in [3.05, 3.63) is 21.9 Å². The second-order valence-corrected chi connectivity index (χ2v) is 2.09. The first-order valence-electron chi connectivity index (χ1n) is 3.03. The molecule has 0 amide bonds. The largest absolute Gasteiger partial charge is 0.295 e. The predicted molar refractivity (Wildman–Crippen MR) is 38.1 cm³/mol. The molecule has 58 valence electrons. The predicted octanol–water partition coefficient (Wildman–Crippen LogP) is 0.191. The van der Waals surface area contributed by atoms with E-state index in [2.05, 4.69) is 4.99 Å². The molecule has 11 heavy (non-hydrogen) atoms. The minimum Gasteiger partial charge on any atom is -0.293 e. The van der Waals surface area contributed by atoms with Crippen molar-refractivity contribution in [2.24, 2.45) is 4.99 Å². The molecule has 0 saturated carbocycles. The van der Waals surface area contributed by atoms with Crippen molar-refractivity contribution < 1.29 is 9.72 Å². The molecule has 0 atom stereocenters. The van der Waals surface area contributed by atoms with Gasteiger partial charge in [0.25, 0.3) is 5.70 Å². The third-order valence-electron chi connectivity index (χ3n) is 1.31. The van der Waals surface area contributed by atoms with Gasteiger partial charge in [0.05, 0.1) is 11.5 Å². The van der Waals surface area contributed by atoms with Crippen LogP contribution in [0.1, 0.15) is 6.92 Å². The number of carbonyl (C=O) groups is 1. The fraction of sp³-hybridized carbons (Fsp3) is 0.333. The monoisotopic (exact) mass is 154 g/mol. The molecule has 0 aromatic carbocycles. The maximum Gasteiger partial charge on any atom is 0.295 e. The average Bonchev–Trinajstić information content (AvgIpc) is 2.32. The van der Waals surface area contributed by atoms with Gasteiger partial charge in [0.1, 0.15) is 0 Å². The van der Waals surface area contributed by atoms with E-state index in [0.717, 1.165) is 0 Å². The van der Waals surface area contributed by atoms with Crippen molar-refractivity contribution in [3.63, 3.8) is 0 Å². The molecule has 0 spiro atoms. The van der Waals surface area contributed by atoms with Crippen molar-refractivity contribution in [1.82, 2.24) is 0 Å². The van der Waals surface area contributed by atoms with Gasteiger partial charge in [-0.05, 0) is 0 Å². The SMILES string of the molecule is CC(=O)C1=NCC=C1[N+](=O)[O-]. The summed E-state index contributed by atoms with van der Waals surface area (Å²) >= 11 is 0. The molecule has 0 fully saturated rings. The van der Waals surface area contributed by atoms with Crippen LogP contribution in [0.2, 0.25) is 0 Å². The zero-order valence-electron chi connectivity index (χ0n) is 5.90. The number of nitro groups is 1. The van der Waals surface area contributed by atoms with E-state index in [0.29, 0.717) is 0 Å². The minimum atomic E-state index is -0.590. The molecule has 0 aromatic heterocycles. The topological polar surface area (TPSA) is 72.6 Å².